The van der Waals surface area contributed by atoms with Crippen LogP contribution in [0, 0.1) is 12.7 Å². The summed E-state index contributed by atoms with van der Waals surface area (Å²) in [6.07, 6.45) is 4.36. The third-order valence-electron chi connectivity index (χ3n) is 5.65. The Morgan fingerprint density at radius 3 is 3.10 bits per heavy atom. The van der Waals surface area contributed by atoms with Gasteiger partial charge < -0.3 is 10.1 Å². The van der Waals surface area contributed by atoms with Crippen molar-refractivity contribution in [3.63, 3.8) is 0 Å². The van der Waals surface area contributed by atoms with E-state index in [1.165, 1.54) is 6.07 Å². The smallest absolute Gasteiger partial charge is 0.209 e. The number of nitrogens with one attached hydrogen (secondary N) is 1. The molecule has 0 fully saturated rings. The summed E-state index contributed by atoms with van der Waals surface area (Å²) in [6, 6.07) is 7.30. The van der Waals surface area contributed by atoms with Crippen LogP contribution < -0.4 is 10.1 Å². The molecule has 6 nitrogen and oxygen atoms in total. The minimum Gasteiger partial charge on any atom is -0.493 e. The van der Waals surface area contributed by atoms with E-state index in [1.807, 2.05) is 23.6 Å². The van der Waals surface area contributed by atoms with E-state index in [1.54, 1.807) is 24.2 Å². The first-order chi connectivity index (χ1) is 14.7. The number of rotatable bonds is 3. The summed E-state index contributed by atoms with van der Waals surface area (Å²) < 4.78 is 22.0. The number of ether oxygens (including phenoxy) is 1. The molecule has 0 unspecified atom stereocenters. The van der Waals surface area contributed by atoms with E-state index in [-0.39, 0.29) is 7.24 Å². The molecule has 1 N–H and O–H groups in total. The average Bonchev–Trinajstić information content (AvgIpc) is 3.36. The van der Waals surface area contributed by atoms with Crippen molar-refractivity contribution in [1.29, 1.82) is 0 Å². The lowest BCUT2D eigenvalue weighted by atomic mass is 10.0. The van der Waals surface area contributed by atoms with Crippen molar-refractivity contribution in [2.24, 2.45) is 0 Å². The molecule has 4 aromatic rings. The highest BCUT2D eigenvalue weighted by Crippen LogP contribution is 2.40. The molecular formula is C22H20FN5OS. The third-order valence-corrected chi connectivity index (χ3v) is 6.64. The van der Waals surface area contributed by atoms with Gasteiger partial charge >= 0.3 is 0 Å². The Morgan fingerprint density at radius 1 is 1.23 bits per heavy atom. The highest BCUT2D eigenvalue weighted by Gasteiger charge is 2.23. The molecule has 0 spiro atoms. The fraction of sp³-hybridized carbons (Fsp3) is 0.227. The zero-order valence-electron chi connectivity index (χ0n) is 16.3. The number of imidazole rings is 1. The Kier molecular flexibility index (Phi) is 3.95. The summed E-state index contributed by atoms with van der Waals surface area (Å²) in [5, 5.41) is 4.26. The number of hydrogen-bond donors (Lipinski definition) is 1. The number of aryl methyl sites for hydroxylation is 1. The second-order valence-electron chi connectivity index (χ2n) is 7.45. The first-order valence-electron chi connectivity index (χ1n) is 9.82. The number of halogens is 1. The summed E-state index contributed by atoms with van der Waals surface area (Å²) in [5.74, 6) is 1.94. The van der Waals surface area contributed by atoms with Gasteiger partial charge in [-0.05, 0) is 25.1 Å². The van der Waals surface area contributed by atoms with Gasteiger partial charge in [0.25, 0.3) is 0 Å². The molecule has 0 amide bonds. The summed E-state index contributed by atoms with van der Waals surface area (Å²) in [5.41, 5.74) is 6.72. The number of nitrogens with zero attached hydrogens (tertiary/aromatic N) is 4. The molecule has 0 bridgehead atoms. The largest absolute Gasteiger partial charge is 0.493 e. The Hall–Kier alpha value is -3.13. The normalized spacial score (nSPS) is 14.2. The molecule has 0 radical (unpaired) electrons. The predicted octanol–water partition coefficient (Wildman–Crippen LogP) is 4.64. The van der Waals surface area contributed by atoms with Crippen molar-refractivity contribution in [2.45, 2.75) is 30.7 Å². The summed E-state index contributed by atoms with van der Waals surface area (Å²) >= 11 is 1.68. The van der Waals surface area contributed by atoms with Gasteiger partial charge in [-0.25, -0.2) is 14.4 Å². The first-order valence-corrected chi connectivity index (χ1v) is 10.8. The van der Waals surface area contributed by atoms with Crippen LogP contribution in [0.4, 0.5) is 10.3 Å². The molecule has 1 aromatic carbocycles. The first kappa shape index (κ1) is 17.7. The molecule has 30 heavy (non-hydrogen) atoms. The fourth-order valence-electron chi connectivity index (χ4n) is 4.20. The van der Waals surface area contributed by atoms with E-state index in [0.717, 1.165) is 56.5 Å². The second kappa shape index (κ2) is 6.70. The monoisotopic (exact) mass is 421 g/mol. The van der Waals surface area contributed by atoms with E-state index in [4.69, 9.17) is 9.72 Å². The number of fused-ring (bicyclic) bond motifs is 3. The van der Waals surface area contributed by atoms with Crippen molar-refractivity contribution in [3.8, 4) is 16.9 Å². The molecule has 5 heterocycles. The topological polar surface area (TPSA) is 64.3 Å². The zero-order valence-corrected chi connectivity index (χ0v) is 17.1. The number of benzene rings is 1. The van der Waals surface area contributed by atoms with Gasteiger partial charge in [-0.2, -0.15) is 0 Å². The molecule has 8 heteroatoms. The van der Waals surface area contributed by atoms with Crippen LogP contribution in [0.2, 0.25) is 0 Å². The van der Waals surface area contributed by atoms with Gasteiger partial charge in [-0.15, -0.1) is 0 Å². The molecule has 0 atom stereocenters. The van der Waals surface area contributed by atoms with Gasteiger partial charge in [-0.1, -0.05) is 17.8 Å². The maximum Gasteiger partial charge on any atom is 0.209 e. The average molecular weight is 422 g/mol. The molecule has 3 aromatic heterocycles. The van der Waals surface area contributed by atoms with Crippen molar-refractivity contribution < 1.29 is 10.6 Å². The minimum atomic E-state index is -0.227. The van der Waals surface area contributed by atoms with Crippen LogP contribution in [0.1, 0.15) is 23.9 Å². The van der Waals surface area contributed by atoms with Crippen LogP contribution in [0.3, 0.4) is 0 Å². The minimum absolute atomic E-state index is 0. The number of anilines is 1. The standard InChI is InChI=1S/C22H18FN5OS.H2/c1-12-2-3-13-16-9-25-22(28-11-26-21(20(16)28)30-10-18(13)27-12)24-8-15-14-6-7-29-19(14)5-4-17(15)23;/h2-5,9,11H,6-8,10H2,1H3,(H,24,25);1H. The predicted molar refractivity (Wildman–Crippen MR) is 116 cm³/mol. The Labute approximate surface area is 178 Å². The fourth-order valence-corrected chi connectivity index (χ4v) is 5.16. The van der Waals surface area contributed by atoms with Crippen LogP contribution in [0.15, 0.2) is 41.8 Å². The van der Waals surface area contributed by atoms with Crippen molar-refractivity contribution >= 4 is 23.2 Å². The van der Waals surface area contributed by atoms with E-state index in [9.17, 15) is 4.39 Å². The zero-order chi connectivity index (χ0) is 20.2. The van der Waals surface area contributed by atoms with E-state index in [0.29, 0.717) is 24.7 Å². The van der Waals surface area contributed by atoms with Gasteiger partial charge in [0.15, 0.2) is 0 Å². The van der Waals surface area contributed by atoms with Crippen LogP contribution in [-0.4, -0.2) is 26.0 Å². The van der Waals surface area contributed by atoms with Gasteiger partial charge in [0.2, 0.25) is 5.95 Å². The lowest BCUT2D eigenvalue weighted by Crippen LogP contribution is -2.09. The third kappa shape index (κ3) is 2.67. The van der Waals surface area contributed by atoms with E-state index < -0.39 is 0 Å². The Bertz CT molecular complexity index is 1330. The Morgan fingerprint density at radius 2 is 2.17 bits per heavy atom. The molecule has 0 saturated heterocycles. The maximum absolute atomic E-state index is 14.5. The number of pyridine rings is 1. The molecule has 6 rings (SSSR count). The molecule has 2 aliphatic heterocycles. The lowest BCUT2D eigenvalue weighted by Gasteiger charge is -2.13. The molecular weight excluding hydrogens is 401 g/mol. The van der Waals surface area contributed by atoms with E-state index in [2.05, 4.69) is 21.4 Å². The van der Waals surface area contributed by atoms with Gasteiger partial charge in [0.1, 0.15) is 22.9 Å². The van der Waals surface area contributed by atoms with Gasteiger partial charge in [-0.3, -0.25) is 9.38 Å². The van der Waals surface area contributed by atoms with E-state index >= 15 is 0 Å². The van der Waals surface area contributed by atoms with Crippen molar-refractivity contribution in [3.05, 3.63) is 65.1 Å². The number of thioether (sulfide) groups is 1. The summed E-state index contributed by atoms with van der Waals surface area (Å²) in [4.78, 5) is 14.0. The highest BCUT2D eigenvalue weighted by molar-refractivity contribution is 7.98. The van der Waals surface area contributed by atoms with Gasteiger partial charge in [0, 0.05) is 54.3 Å². The molecule has 0 saturated carbocycles. The highest BCUT2D eigenvalue weighted by atomic mass is 32.2. The van der Waals surface area contributed by atoms with Gasteiger partial charge in [0.05, 0.1) is 17.8 Å². The molecule has 0 aliphatic carbocycles. The van der Waals surface area contributed by atoms with Crippen LogP contribution in [0.25, 0.3) is 16.6 Å². The summed E-state index contributed by atoms with van der Waals surface area (Å²) in [7, 11) is 0. The Balaban J connectivity index is 0.00000204. The maximum atomic E-state index is 14.5. The van der Waals surface area contributed by atoms with Crippen LogP contribution in [-0.2, 0) is 18.7 Å². The number of hydrogen-bond acceptors (Lipinski definition) is 6. The second-order valence-corrected chi connectivity index (χ2v) is 8.42. The lowest BCUT2D eigenvalue weighted by molar-refractivity contribution is 0.356. The molecule has 152 valence electrons. The molecule has 2 aliphatic rings. The summed E-state index contributed by atoms with van der Waals surface area (Å²) in [6.45, 7) is 2.93. The van der Waals surface area contributed by atoms with Crippen molar-refractivity contribution in [1.82, 2.24) is 19.4 Å². The van der Waals surface area contributed by atoms with Crippen LogP contribution >= 0.6 is 11.8 Å². The quantitative estimate of drug-likeness (QED) is 0.520. The van der Waals surface area contributed by atoms with Crippen LogP contribution in [0.5, 0.6) is 5.75 Å². The number of aromatic nitrogens is 4. The van der Waals surface area contributed by atoms with Crippen molar-refractivity contribution in [2.75, 3.05) is 11.9 Å². The SMILES string of the molecule is Cc1ccc2c(n1)CSc1ncn3c(NCc4c(F)ccc5c4CCO5)ncc-2c13.[HH].